The van der Waals surface area contributed by atoms with Crippen LogP contribution in [0.2, 0.25) is 0 Å². The molecule has 0 bridgehead atoms. The molecule has 0 saturated carbocycles. The zero-order valence-electron chi connectivity index (χ0n) is 8.62. The first kappa shape index (κ1) is 10.2. The molecule has 2 N–H and O–H groups in total. The quantitative estimate of drug-likeness (QED) is 0.745. The number of aromatic amines is 1. The van der Waals surface area contributed by atoms with E-state index < -0.39 is 0 Å². The summed E-state index contributed by atoms with van der Waals surface area (Å²) in [6, 6.07) is 0. The van der Waals surface area contributed by atoms with Crippen LogP contribution in [-0.4, -0.2) is 27.8 Å². The van der Waals surface area contributed by atoms with E-state index in [1.54, 1.807) is 0 Å². The molecule has 82 valence electrons. The number of hydrogen-bond donors (Lipinski definition) is 2. The predicted molar refractivity (Wildman–Crippen MR) is 53.9 cm³/mol. The molecule has 2 heterocycles. The first-order valence-electron chi connectivity index (χ1n) is 5.07. The molecule has 1 aliphatic heterocycles. The number of aromatic hydroxyl groups is 1. The highest BCUT2D eigenvalue weighted by atomic mass is 16.5. The molecule has 0 spiro atoms. The lowest BCUT2D eigenvalue weighted by Crippen LogP contribution is -2.18. The molecular weight excluding hydrogens is 196 g/mol. The molecule has 2 rings (SSSR count). The Morgan fingerprint density at radius 3 is 3.07 bits per heavy atom. The van der Waals surface area contributed by atoms with Gasteiger partial charge in [-0.05, 0) is 19.8 Å². The maximum absolute atomic E-state index is 11.3. The molecule has 1 fully saturated rings. The summed E-state index contributed by atoms with van der Waals surface area (Å²) >= 11 is 0. The van der Waals surface area contributed by atoms with Crippen molar-refractivity contribution in [1.82, 2.24) is 9.97 Å². The lowest BCUT2D eigenvalue weighted by Gasteiger charge is -2.08. The Morgan fingerprint density at radius 2 is 2.47 bits per heavy atom. The molecule has 0 radical (unpaired) electrons. The molecule has 0 aliphatic carbocycles. The zero-order valence-corrected chi connectivity index (χ0v) is 8.62. The summed E-state index contributed by atoms with van der Waals surface area (Å²) in [5.74, 6) is 0.307. The highest BCUT2D eigenvalue weighted by Crippen LogP contribution is 2.16. The molecule has 1 aromatic heterocycles. The van der Waals surface area contributed by atoms with Gasteiger partial charge < -0.3 is 14.8 Å². The van der Waals surface area contributed by atoms with E-state index in [0.717, 1.165) is 19.4 Å². The summed E-state index contributed by atoms with van der Waals surface area (Å²) in [5, 5.41) is 9.38. The molecule has 15 heavy (non-hydrogen) atoms. The highest BCUT2D eigenvalue weighted by Gasteiger charge is 2.18. The summed E-state index contributed by atoms with van der Waals surface area (Å²) in [6.07, 6.45) is 2.71. The Kier molecular flexibility index (Phi) is 2.73. The predicted octanol–water partition coefficient (Wildman–Crippen LogP) is 0.505. The van der Waals surface area contributed by atoms with Crippen molar-refractivity contribution in [1.29, 1.82) is 0 Å². The SMILES string of the molecule is Cc1c(O)nc(CC2CCCO2)[nH]c1=O. The summed E-state index contributed by atoms with van der Waals surface area (Å²) in [6.45, 7) is 2.31. The fraction of sp³-hybridized carbons (Fsp3) is 0.600. The van der Waals surface area contributed by atoms with Crippen LogP contribution in [-0.2, 0) is 11.2 Å². The van der Waals surface area contributed by atoms with Crippen LogP contribution in [0.1, 0.15) is 24.2 Å². The highest BCUT2D eigenvalue weighted by molar-refractivity contribution is 5.20. The maximum atomic E-state index is 11.3. The summed E-state index contributed by atoms with van der Waals surface area (Å²) in [5.41, 5.74) is -0.0263. The van der Waals surface area contributed by atoms with Gasteiger partial charge in [0, 0.05) is 13.0 Å². The van der Waals surface area contributed by atoms with Crippen LogP contribution in [0.3, 0.4) is 0 Å². The molecule has 5 nitrogen and oxygen atoms in total. The van der Waals surface area contributed by atoms with E-state index >= 15 is 0 Å². The van der Waals surface area contributed by atoms with E-state index in [1.165, 1.54) is 6.92 Å². The van der Waals surface area contributed by atoms with Gasteiger partial charge in [-0.3, -0.25) is 4.79 Å². The minimum atomic E-state index is -0.282. The molecule has 0 aromatic carbocycles. The van der Waals surface area contributed by atoms with Crippen molar-refractivity contribution in [3.63, 3.8) is 0 Å². The van der Waals surface area contributed by atoms with Crippen LogP contribution in [0.15, 0.2) is 4.79 Å². The molecule has 1 saturated heterocycles. The topological polar surface area (TPSA) is 75.2 Å². The Balaban J connectivity index is 2.18. The normalized spacial score (nSPS) is 20.7. The molecule has 0 amide bonds. The summed E-state index contributed by atoms with van der Waals surface area (Å²) in [7, 11) is 0. The van der Waals surface area contributed by atoms with E-state index in [0.29, 0.717) is 12.2 Å². The van der Waals surface area contributed by atoms with E-state index in [4.69, 9.17) is 4.74 Å². The Labute approximate surface area is 87.1 Å². The number of nitrogens with zero attached hydrogens (tertiary/aromatic N) is 1. The van der Waals surface area contributed by atoms with Crippen molar-refractivity contribution in [2.75, 3.05) is 6.61 Å². The molecule has 5 heteroatoms. The van der Waals surface area contributed by atoms with Crippen LogP contribution in [0, 0.1) is 6.92 Å². The second-order valence-corrected chi connectivity index (χ2v) is 3.80. The number of ether oxygens (including phenoxy) is 1. The third-order valence-corrected chi connectivity index (χ3v) is 2.62. The van der Waals surface area contributed by atoms with Gasteiger partial charge in [0.2, 0.25) is 5.88 Å². The van der Waals surface area contributed by atoms with Crippen LogP contribution in [0.5, 0.6) is 5.88 Å². The van der Waals surface area contributed by atoms with E-state index in [-0.39, 0.29) is 23.1 Å². The average Bonchev–Trinajstić information content (AvgIpc) is 2.66. The molecule has 1 unspecified atom stereocenters. The van der Waals surface area contributed by atoms with Gasteiger partial charge in [-0.1, -0.05) is 0 Å². The van der Waals surface area contributed by atoms with Gasteiger partial charge in [-0.2, -0.15) is 4.98 Å². The van der Waals surface area contributed by atoms with Gasteiger partial charge >= 0.3 is 0 Å². The minimum Gasteiger partial charge on any atom is -0.493 e. The second kappa shape index (κ2) is 4.02. The zero-order chi connectivity index (χ0) is 10.8. The fourth-order valence-corrected chi connectivity index (χ4v) is 1.68. The lowest BCUT2D eigenvalue weighted by atomic mass is 10.2. The van der Waals surface area contributed by atoms with Crippen LogP contribution >= 0.6 is 0 Å². The molecule has 1 aromatic rings. The first-order valence-corrected chi connectivity index (χ1v) is 5.07. The largest absolute Gasteiger partial charge is 0.493 e. The second-order valence-electron chi connectivity index (χ2n) is 3.80. The smallest absolute Gasteiger partial charge is 0.257 e. The van der Waals surface area contributed by atoms with Gasteiger partial charge in [-0.15, -0.1) is 0 Å². The number of aromatic nitrogens is 2. The van der Waals surface area contributed by atoms with Crippen molar-refractivity contribution >= 4 is 0 Å². The van der Waals surface area contributed by atoms with Crippen molar-refractivity contribution in [3.05, 3.63) is 21.7 Å². The van der Waals surface area contributed by atoms with E-state index in [2.05, 4.69) is 9.97 Å². The summed E-state index contributed by atoms with van der Waals surface area (Å²) in [4.78, 5) is 17.9. The average molecular weight is 210 g/mol. The van der Waals surface area contributed by atoms with Crippen LogP contribution < -0.4 is 5.56 Å². The van der Waals surface area contributed by atoms with Crippen LogP contribution in [0.25, 0.3) is 0 Å². The first-order chi connectivity index (χ1) is 7.16. The van der Waals surface area contributed by atoms with Crippen molar-refractivity contribution in [2.45, 2.75) is 32.3 Å². The van der Waals surface area contributed by atoms with E-state index in [1.807, 2.05) is 0 Å². The number of H-pyrrole nitrogens is 1. The lowest BCUT2D eigenvalue weighted by molar-refractivity contribution is 0.109. The van der Waals surface area contributed by atoms with Gasteiger partial charge in [0.15, 0.2) is 0 Å². The third kappa shape index (κ3) is 2.18. The van der Waals surface area contributed by atoms with E-state index in [9.17, 15) is 9.90 Å². The van der Waals surface area contributed by atoms with Crippen molar-refractivity contribution < 1.29 is 9.84 Å². The van der Waals surface area contributed by atoms with Crippen LogP contribution in [0.4, 0.5) is 0 Å². The van der Waals surface area contributed by atoms with Gasteiger partial charge in [0.25, 0.3) is 5.56 Å². The molecular formula is C10H14N2O3. The Morgan fingerprint density at radius 1 is 1.67 bits per heavy atom. The minimum absolute atomic E-state index is 0.121. The number of rotatable bonds is 2. The Hall–Kier alpha value is -1.36. The van der Waals surface area contributed by atoms with Gasteiger partial charge in [-0.25, -0.2) is 0 Å². The Bertz CT molecular complexity index is 408. The third-order valence-electron chi connectivity index (χ3n) is 2.62. The summed E-state index contributed by atoms with van der Waals surface area (Å²) < 4.78 is 5.42. The molecule has 1 atom stereocenters. The number of hydrogen-bond acceptors (Lipinski definition) is 4. The van der Waals surface area contributed by atoms with Gasteiger partial charge in [0.05, 0.1) is 11.7 Å². The number of nitrogens with one attached hydrogen (secondary N) is 1. The van der Waals surface area contributed by atoms with Crippen molar-refractivity contribution in [2.24, 2.45) is 0 Å². The monoisotopic (exact) mass is 210 g/mol. The fourth-order valence-electron chi connectivity index (χ4n) is 1.68. The standard InChI is InChI=1S/C10H14N2O3/c1-6-9(13)11-8(12-10(6)14)5-7-3-2-4-15-7/h7H,2-5H2,1H3,(H2,11,12,13,14). The molecule has 1 aliphatic rings. The van der Waals surface area contributed by atoms with Gasteiger partial charge in [0.1, 0.15) is 5.82 Å². The van der Waals surface area contributed by atoms with Crippen molar-refractivity contribution in [3.8, 4) is 5.88 Å². The maximum Gasteiger partial charge on any atom is 0.257 e.